The summed E-state index contributed by atoms with van der Waals surface area (Å²) >= 11 is 6.37. The van der Waals surface area contributed by atoms with E-state index in [0.29, 0.717) is 5.56 Å². The van der Waals surface area contributed by atoms with Gasteiger partial charge in [-0.05, 0) is 29.8 Å². The van der Waals surface area contributed by atoms with Gasteiger partial charge >= 0.3 is 6.36 Å². The molecule has 1 heterocycles. The Kier molecular flexibility index (Phi) is 4.73. The van der Waals surface area contributed by atoms with Crippen LogP contribution in [0.5, 0.6) is 5.75 Å². The second kappa shape index (κ2) is 6.35. The van der Waals surface area contributed by atoms with Gasteiger partial charge in [0, 0.05) is 17.8 Å². The van der Waals surface area contributed by atoms with Gasteiger partial charge in [0.15, 0.2) is 0 Å². The van der Waals surface area contributed by atoms with Crippen LogP contribution < -0.4 is 4.74 Å². The van der Waals surface area contributed by atoms with Gasteiger partial charge in [-0.25, -0.2) is 0 Å². The summed E-state index contributed by atoms with van der Waals surface area (Å²) in [6.45, 7) is 1.92. The van der Waals surface area contributed by atoms with E-state index in [0.717, 1.165) is 5.69 Å². The first-order valence-electron chi connectivity index (χ1n) is 6.27. The monoisotopic (exact) mass is 315 g/mol. The molecule has 0 saturated carbocycles. The van der Waals surface area contributed by atoms with Gasteiger partial charge in [0.1, 0.15) is 5.75 Å². The van der Waals surface area contributed by atoms with Crippen LogP contribution in [0.3, 0.4) is 0 Å². The van der Waals surface area contributed by atoms with E-state index >= 15 is 0 Å². The third-order valence-electron chi connectivity index (χ3n) is 3.03. The number of hydrogen-bond donors (Lipinski definition) is 0. The van der Waals surface area contributed by atoms with Crippen LogP contribution in [-0.2, 0) is 0 Å². The Morgan fingerprint density at radius 1 is 1.10 bits per heavy atom. The lowest BCUT2D eigenvalue weighted by molar-refractivity contribution is -0.274. The number of pyridine rings is 1. The van der Waals surface area contributed by atoms with E-state index in [9.17, 15) is 13.2 Å². The molecule has 2 aromatic rings. The van der Waals surface area contributed by atoms with E-state index in [2.05, 4.69) is 9.72 Å². The van der Waals surface area contributed by atoms with Crippen molar-refractivity contribution in [2.75, 3.05) is 0 Å². The lowest BCUT2D eigenvalue weighted by atomic mass is 9.97. The maximum absolute atomic E-state index is 12.1. The lowest BCUT2D eigenvalue weighted by Gasteiger charge is -2.18. The molecular weight excluding hydrogens is 303 g/mol. The highest BCUT2D eigenvalue weighted by Crippen LogP contribution is 2.36. The van der Waals surface area contributed by atoms with Crippen molar-refractivity contribution in [1.82, 2.24) is 4.98 Å². The Morgan fingerprint density at radius 2 is 1.76 bits per heavy atom. The molecule has 0 spiro atoms. The van der Waals surface area contributed by atoms with Crippen molar-refractivity contribution < 1.29 is 17.9 Å². The van der Waals surface area contributed by atoms with Crippen LogP contribution in [0.25, 0.3) is 0 Å². The summed E-state index contributed by atoms with van der Waals surface area (Å²) in [6.07, 6.45) is -3.02. The molecule has 0 amide bonds. The van der Waals surface area contributed by atoms with Crippen LogP contribution in [0.15, 0.2) is 48.7 Å². The molecule has 0 bridgehead atoms. The molecule has 2 atom stereocenters. The fourth-order valence-electron chi connectivity index (χ4n) is 1.94. The van der Waals surface area contributed by atoms with E-state index < -0.39 is 6.36 Å². The van der Waals surface area contributed by atoms with E-state index in [-0.39, 0.29) is 17.0 Å². The molecule has 2 rings (SSSR count). The third-order valence-corrected chi connectivity index (χ3v) is 3.66. The van der Waals surface area contributed by atoms with Crippen LogP contribution in [0.1, 0.15) is 29.5 Å². The Hall–Kier alpha value is -1.75. The minimum atomic E-state index is -4.69. The molecule has 1 aromatic heterocycles. The molecule has 0 saturated heterocycles. The number of alkyl halides is 4. The van der Waals surface area contributed by atoms with Crippen molar-refractivity contribution in [3.63, 3.8) is 0 Å². The maximum atomic E-state index is 12.1. The predicted octanol–water partition coefficient (Wildman–Crippen LogP) is 5.06. The highest BCUT2D eigenvalue weighted by Gasteiger charge is 2.31. The molecule has 2 nitrogen and oxygen atoms in total. The molecule has 112 valence electrons. The standard InChI is InChI=1S/C15H13ClF3NO/c1-10(13-4-2-3-9-20-13)14(16)11-5-7-12(8-6-11)21-15(17,18)19/h2-10,14H,1H3. The van der Waals surface area contributed by atoms with E-state index in [1.165, 1.54) is 24.3 Å². The zero-order valence-corrected chi connectivity index (χ0v) is 11.9. The largest absolute Gasteiger partial charge is 0.573 e. The molecular formula is C15H13ClF3NO. The summed E-state index contributed by atoms with van der Waals surface area (Å²) in [5.74, 6) is -0.331. The van der Waals surface area contributed by atoms with Gasteiger partial charge in [-0.3, -0.25) is 4.98 Å². The molecule has 21 heavy (non-hydrogen) atoms. The zero-order valence-electron chi connectivity index (χ0n) is 11.1. The molecule has 1 aromatic carbocycles. The maximum Gasteiger partial charge on any atom is 0.573 e. The lowest BCUT2D eigenvalue weighted by Crippen LogP contribution is -2.17. The minimum Gasteiger partial charge on any atom is -0.406 e. The third kappa shape index (κ3) is 4.36. The first kappa shape index (κ1) is 15.6. The molecule has 0 aliphatic heterocycles. The summed E-state index contributed by atoms with van der Waals surface area (Å²) in [4.78, 5) is 4.23. The quantitative estimate of drug-likeness (QED) is 0.735. The predicted molar refractivity (Wildman–Crippen MR) is 74.4 cm³/mol. The van der Waals surface area contributed by atoms with Crippen molar-refractivity contribution in [2.45, 2.75) is 24.6 Å². The molecule has 0 aliphatic carbocycles. The molecule has 0 fully saturated rings. The number of ether oxygens (including phenoxy) is 1. The molecule has 2 unspecified atom stereocenters. The number of halogens is 4. The fraction of sp³-hybridized carbons (Fsp3) is 0.267. The molecule has 6 heteroatoms. The van der Waals surface area contributed by atoms with Crippen molar-refractivity contribution in [3.8, 4) is 5.75 Å². The highest BCUT2D eigenvalue weighted by molar-refractivity contribution is 6.21. The van der Waals surface area contributed by atoms with Gasteiger partial charge in [-0.1, -0.05) is 25.1 Å². The van der Waals surface area contributed by atoms with Crippen molar-refractivity contribution in [1.29, 1.82) is 0 Å². The van der Waals surface area contributed by atoms with E-state index in [4.69, 9.17) is 11.6 Å². The summed E-state index contributed by atoms with van der Waals surface area (Å²) in [5, 5.41) is -0.389. The first-order valence-corrected chi connectivity index (χ1v) is 6.71. The van der Waals surface area contributed by atoms with Gasteiger partial charge in [-0.2, -0.15) is 0 Å². The van der Waals surface area contributed by atoms with Gasteiger partial charge in [-0.15, -0.1) is 24.8 Å². The molecule has 0 N–H and O–H groups in total. The number of rotatable bonds is 4. The van der Waals surface area contributed by atoms with E-state index in [1.807, 2.05) is 25.1 Å². The number of hydrogen-bond acceptors (Lipinski definition) is 2. The van der Waals surface area contributed by atoms with Crippen molar-refractivity contribution >= 4 is 11.6 Å². The fourth-order valence-corrected chi connectivity index (χ4v) is 2.21. The minimum absolute atomic E-state index is 0.0674. The topological polar surface area (TPSA) is 22.1 Å². The van der Waals surface area contributed by atoms with E-state index in [1.54, 1.807) is 6.20 Å². The Labute approximate surface area is 125 Å². The van der Waals surface area contributed by atoms with Crippen LogP contribution in [-0.4, -0.2) is 11.3 Å². The van der Waals surface area contributed by atoms with Crippen molar-refractivity contribution in [3.05, 3.63) is 59.9 Å². The summed E-state index contributed by atoms with van der Waals surface area (Å²) < 4.78 is 40.1. The van der Waals surface area contributed by atoms with Crippen LogP contribution in [0.4, 0.5) is 13.2 Å². The smallest absolute Gasteiger partial charge is 0.406 e. The number of benzene rings is 1. The summed E-state index contributed by atoms with van der Waals surface area (Å²) in [5.41, 5.74) is 1.54. The number of nitrogens with zero attached hydrogens (tertiary/aromatic N) is 1. The Morgan fingerprint density at radius 3 is 2.29 bits per heavy atom. The Balaban J connectivity index is 2.11. The average Bonchev–Trinajstić information content (AvgIpc) is 2.46. The Bertz CT molecular complexity index is 572. The van der Waals surface area contributed by atoms with Crippen LogP contribution in [0, 0.1) is 0 Å². The molecule has 0 radical (unpaired) electrons. The highest BCUT2D eigenvalue weighted by atomic mass is 35.5. The average molecular weight is 316 g/mol. The van der Waals surface area contributed by atoms with Gasteiger partial charge < -0.3 is 4.74 Å². The molecule has 0 aliphatic rings. The first-order chi connectivity index (χ1) is 9.87. The number of aromatic nitrogens is 1. The van der Waals surface area contributed by atoms with Crippen LogP contribution in [0.2, 0.25) is 0 Å². The van der Waals surface area contributed by atoms with Crippen molar-refractivity contribution in [2.24, 2.45) is 0 Å². The van der Waals surface area contributed by atoms with Gasteiger partial charge in [0.2, 0.25) is 0 Å². The zero-order chi connectivity index (χ0) is 15.5. The summed E-state index contributed by atoms with van der Waals surface area (Å²) in [7, 11) is 0. The van der Waals surface area contributed by atoms with Gasteiger partial charge in [0.25, 0.3) is 0 Å². The SMILES string of the molecule is CC(c1ccccn1)C(Cl)c1ccc(OC(F)(F)F)cc1. The van der Waals surface area contributed by atoms with Gasteiger partial charge in [0.05, 0.1) is 5.38 Å². The normalized spacial score (nSPS) is 14.5. The second-order valence-corrected chi connectivity index (χ2v) is 5.03. The summed E-state index contributed by atoms with van der Waals surface area (Å²) in [6, 6.07) is 11.1. The van der Waals surface area contributed by atoms with Crippen LogP contribution >= 0.6 is 11.6 Å². The second-order valence-electron chi connectivity index (χ2n) is 4.56.